The van der Waals surface area contributed by atoms with Gasteiger partial charge in [0.15, 0.2) is 0 Å². The molecule has 1 aliphatic heterocycles. The van der Waals surface area contributed by atoms with Crippen LogP contribution < -0.4 is 9.46 Å². The molecular formula is C17H18FNO3S. The maximum absolute atomic E-state index is 13.7. The number of rotatable bonds is 5. The van der Waals surface area contributed by atoms with E-state index >= 15 is 0 Å². The second-order valence-corrected chi connectivity index (χ2v) is 7.38. The van der Waals surface area contributed by atoms with Gasteiger partial charge in [-0.25, -0.2) is 17.5 Å². The van der Waals surface area contributed by atoms with Crippen LogP contribution >= 0.6 is 0 Å². The summed E-state index contributed by atoms with van der Waals surface area (Å²) in [7, 11) is -3.87. The standard InChI is InChI=1S/C17H18FNO3S/c1-12(10-13-6-7-16-14(11-13)8-9-22-16)19-23(20,21)17-5-3-2-4-15(17)18/h2-7,11-12,19H,8-10H2,1H3. The molecule has 4 nitrogen and oxygen atoms in total. The Labute approximate surface area is 135 Å². The van der Waals surface area contributed by atoms with E-state index in [1.807, 2.05) is 18.2 Å². The van der Waals surface area contributed by atoms with Crippen molar-refractivity contribution in [2.24, 2.45) is 0 Å². The van der Waals surface area contributed by atoms with Gasteiger partial charge in [-0.3, -0.25) is 0 Å². The minimum Gasteiger partial charge on any atom is -0.493 e. The first-order valence-corrected chi connectivity index (χ1v) is 8.95. The highest BCUT2D eigenvalue weighted by Gasteiger charge is 2.21. The van der Waals surface area contributed by atoms with E-state index in [-0.39, 0.29) is 10.9 Å². The Kier molecular flexibility index (Phi) is 4.37. The number of nitrogens with one attached hydrogen (secondary N) is 1. The average molecular weight is 335 g/mol. The summed E-state index contributed by atoms with van der Waals surface area (Å²) >= 11 is 0. The molecule has 3 rings (SSSR count). The zero-order valence-corrected chi connectivity index (χ0v) is 13.6. The van der Waals surface area contributed by atoms with Crippen LogP contribution in [0.1, 0.15) is 18.1 Å². The van der Waals surface area contributed by atoms with Gasteiger partial charge in [0.1, 0.15) is 16.5 Å². The second-order valence-electron chi connectivity index (χ2n) is 5.70. The number of benzene rings is 2. The molecule has 0 radical (unpaired) electrons. The van der Waals surface area contributed by atoms with Crippen LogP contribution in [0.3, 0.4) is 0 Å². The summed E-state index contributed by atoms with van der Waals surface area (Å²) in [6.45, 7) is 2.45. The van der Waals surface area contributed by atoms with Gasteiger partial charge in [-0.05, 0) is 42.7 Å². The highest BCUT2D eigenvalue weighted by molar-refractivity contribution is 7.89. The molecule has 0 aliphatic carbocycles. The first-order valence-electron chi connectivity index (χ1n) is 7.47. The molecule has 0 aromatic heterocycles. The molecule has 2 aromatic carbocycles. The largest absolute Gasteiger partial charge is 0.493 e. The molecule has 6 heteroatoms. The Morgan fingerprint density at radius 3 is 2.83 bits per heavy atom. The maximum Gasteiger partial charge on any atom is 0.243 e. The fraction of sp³-hybridized carbons (Fsp3) is 0.294. The number of fused-ring (bicyclic) bond motifs is 1. The van der Waals surface area contributed by atoms with E-state index in [4.69, 9.17) is 4.74 Å². The summed E-state index contributed by atoms with van der Waals surface area (Å²) < 4.78 is 46.2. The zero-order chi connectivity index (χ0) is 16.4. The summed E-state index contributed by atoms with van der Waals surface area (Å²) in [4.78, 5) is -0.325. The van der Waals surface area contributed by atoms with Gasteiger partial charge in [-0.2, -0.15) is 0 Å². The Balaban J connectivity index is 1.72. The lowest BCUT2D eigenvalue weighted by Crippen LogP contribution is -2.34. The Morgan fingerprint density at radius 2 is 2.04 bits per heavy atom. The van der Waals surface area contributed by atoms with Gasteiger partial charge in [0.05, 0.1) is 6.61 Å². The molecule has 0 fully saturated rings. The Hall–Kier alpha value is -1.92. The minimum atomic E-state index is -3.87. The van der Waals surface area contributed by atoms with Crippen molar-refractivity contribution in [3.63, 3.8) is 0 Å². The van der Waals surface area contributed by atoms with Crippen LogP contribution in [0.15, 0.2) is 47.4 Å². The first kappa shape index (κ1) is 16.0. The lowest BCUT2D eigenvalue weighted by Gasteiger charge is -2.15. The van der Waals surface area contributed by atoms with Crippen molar-refractivity contribution in [2.45, 2.75) is 30.7 Å². The van der Waals surface area contributed by atoms with Gasteiger partial charge in [-0.1, -0.05) is 24.3 Å². The van der Waals surface area contributed by atoms with Crippen LogP contribution in [0.5, 0.6) is 5.75 Å². The van der Waals surface area contributed by atoms with Crippen LogP contribution in [-0.4, -0.2) is 21.1 Å². The second kappa shape index (κ2) is 6.29. The third-order valence-electron chi connectivity index (χ3n) is 3.78. The van der Waals surface area contributed by atoms with Crippen LogP contribution in [0.4, 0.5) is 4.39 Å². The molecule has 1 atom stereocenters. The summed E-state index contributed by atoms with van der Waals surface area (Å²) in [6.07, 6.45) is 1.40. The van der Waals surface area contributed by atoms with E-state index in [1.165, 1.54) is 18.2 Å². The Morgan fingerprint density at radius 1 is 1.26 bits per heavy atom. The number of sulfonamides is 1. The molecular weight excluding hydrogens is 317 g/mol. The maximum atomic E-state index is 13.7. The monoisotopic (exact) mass is 335 g/mol. The molecule has 1 aliphatic rings. The molecule has 0 bridgehead atoms. The van der Waals surface area contributed by atoms with Crippen molar-refractivity contribution in [3.8, 4) is 5.75 Å². The molecule has 0 saturated heterocycles. The van der Waals surface area contributed by atoms with E-state index < -0.39 is 15.8 Å². The van der Waals surface area contributed by atoms with E-state index in [9.17, 15) is 12.8 Å². The first-order chi connectivity index (χ1) is 11.0. The molecule has 1 unspecified atom stereocenters. The van der Waals surface area contributed by atoms with Crippen LogP contribution in [0, 0.1) is 5.82 Å². The van der Waals surface area contributed by atoms with Gasteiger partial charge >= 0.3 is 0 Å². The van der Waals surface area contributed by atoms with Crippen molar-refractivity contribution in [3.05, 3.63) is 59.4 Å². The third kappa shape index (κ3) is 3.54. The topological polar surface area (TPSA) is 55.4 Å². The van der Waals surface area contributed by atoms with Crippen LogP contribution in [0.2, 0.25) is 0 Å². The normalized spacial score (nSPS) is 15.0. The van der Waals surface area contributed by atoms with Crippen molar-refractivity contribution < 1.29 is 17.5 Å². The lowest BCUT2D eigenvalue weighted by molar-refractivity contribution is 0.357. The van der Waals surface area contributed by atoms with Gasteiger partial charge < -0.3 is 4.74 Å². The van der Waals surface area contributed by atoms with E-state index in [2.05, 4.69) is 4.72 Å². The van der Waals surface area contributed by atoms with Crippen molar-refractivity contribution in [1.82, 2.24) is 4.72 Å². The van der Waals surface area contributed by atoms with Gasteiger partial charge in [-0.15, -0.1) is 0 Å². The molecule has 2 aromatic rings. The number of halogens is 1. The lowest BCUT2D eigenvalue weighted by atomic mass is 10.0. The average Bonchev–Trinajstić information content (AvgIpc) is 2.94. The van der Waals surface area contributed by atoms with Crippen LogP contribution in [0.25, 0.3) is 0 Å². The number of hydrogen-bond donors (Lipinski definition) is 1. The van der Waals surface area contributed by atoms with Crippen LogP contribution in [-0.2, 0) is 22.9 Å². The fourth-order valence-electron chi connectivity index (χ4n) is 2.75. The summed E-state index contributed by atoms with van der Waals surface area (Å²) in [6, 6.07) is 10.9. The van der Waals surface area contributed by atoms with Crippen molar-refractivity contribution in [2.75, 3.05) is 6.61 Å². The quantitative estimate of drug-likeness (QED) is 0.914. The number of hydrogen-bond acceptors (Lipinski definition) is 3. The summed E-state index contributed by atoms with van der Waals surface area (Å²) in [5, 5.41) is 0. The highest BCUT2D eigenvalue weighted by atomic mass is 32.2. The number of ether oxygens (including phenoxy) is 1. The van der Waals surface area contributed by atoms with E-state index in [0.29, 0.717) is 13.0 Å². The van der Waals surface area contributed by atoms with E-state index in [1.54, 1.807) is 6.92 Å². The predicted molar refractivity (Wildman–Crippen MR) is 85.5 cm³/mol. The third-order valence-corrected chi connectivity index (χ3v) is 5.40. The predicted octanol–water partition coefficient (Wildman–Crippen LogP) is 2.67. The highest BCUT2D eigenvalue weighted by Crippen LogP contribution is 2.26. The van der Waals surface area contributed by atoms with E-state index in [0.717, 1.165) is 29.4 Å². The van der Waals surface area contributed by atoms with Gasteiger partial charge in [0.25, 0.3) is 0 Å². The molecule has 23 heavy (non-hydrogen) atoms. The summed E-state index contributed by atoms with van der Waals surface area (Å²) in [5.74, 6) is 0.148. The minimum absolute atomic E-state index is 0.325. The molecule has 0 saturated carbocycles. The fourth-order valence-corrected chi connectivity index (χ4v) is 4.08. The summed E-state index contributed by atoms with van der Waals surface area (Å²) in [5.41, 5.74) is 2.17. The van der Waals surface area contributed by atoms with Crippen molar-refractivity contribution >= 4 is 10.0 Å². The smallest absolute Gasteiger partial charge is 0.243 e. The molecule has 1 N–H and O–H groups in total. The SMILES string of the molecule is CC(Cc1ccc2c(c1)CCO2)NS(=O)(=O)c1ccccc1F. The zero-order valence-electron chi connectivity index (χ0n) is 12.8. The van der Waals surface area contributed by atoms with Crippen molar-refractivity contribution in [1.29, 1.82) is 0 Å². The molecule has 0 spiro atoms. The molecule has 1 heterocycles. The van der Waals surface area contributed by atoms with Gasteiger partial charge in [0.2, 0.25) is 10.0 Å². The van der Waals surface area contributed by atoms with Gasteiger partial charge in [0, 0.05) is 12.5 Å². The Bertz CT molecular complexity index is 820. The molecule has 0 amide bonds. The molecule has 122 valence electrons.